The summed E-state index contributed by atoms with van der Waals surface area (Å²) in [6.45, 7) is 2.07. The number of carbonyl (C=O) groups excluding carboxylic acids is 1. The predicted octanol–water partition coefficient (Wildman–Crippen LogP) is 3.38. The van der Waals surface area contributed by atoms with E-state index in [4.69, 9.17) is 9.05 Å². The average molecular weight is 348 g/mol. The zero-order valence-electron chi connectivity index (χ0n) is 9.36. The highest BCUT2D eigenvalue weighted by atomic mass is 127. The van der Waals surface area contributed by atoms with E-state index < -0.39 is 11.3 Å². The van der Waals surface area contributed by atoms with Gasteiger partial charge in [0, 0.05) is 20.6 Å². The SMILES string of the molecule is CCCCCC(=O)C(I)P(=O)(OC)OC. The Morgan fingerprint density at radius 3 is 2.27 bits per heavy atom. The van der Waals surface area contributed by atoms with E-state index in [9.17, 15) is 9.36 Å². The van der Waals surface area contributed by atoms with Crippen molar-refractivity contribution in [3.8, 4) is 0 Å². The number of Topliss-reactive ketones (excluding diaryl/α,β-unsaturated/α-hetero) is 1. The first-order valence-corrected chi connectivity index (χ1v) is 7.75. The van der Waals surface area contributed by atoms with Crippen LogP contribution in [0.3, 0.4) is 0 Å². The molecule has 0 saturated heterocycles. The molecule has 0 amide bonds. The second kappa shape index (κ2) is 7.76. The standard InChI is InChI=1S/C9H18IO4P/c1-4-5-6-7-8(11)9(10)15(12,13-2)14-3/h9H,4-7H2,1-3H3. The average Bonchev–Trinajstić information content (AvgIpc) is 2.27. The molecule has 0 radical (unpaired) electrons. The van der Waals surface area contributed by atoms with Crippen molar-refractivity contribution < 1.29 is 18.4 Å². The van der Waals surface area contributed by atoms with Gasteiger partial charge in [-0.1, -0.05) is 42.4 Å². The summed E-state index contributed by atoms with van der Waals surface area (Å²) >= 11 is 1.84. The molecule has 0 bridgehead atoms. The summed E-state index contributed by atoms with van der Waals surface area (Å²) in [4.78, 5) is 11.6. The van der Waals surface area contributed by atoms with Crippen LogP contribution in [-0.2, 0) is 18.4 Å². The number of hydrogen-bond donors (Lipinski definition) is 0. The Labute approximate surface area is 105 Å². The first kappa shape index (κ1) is 15.6. The molecule has 0 spiro atoms. The molecule has 0 aliphatic rings. The number of ketones is 1. The molecule has 1 unspecified atom stereocenters. The number of carbonyl (C=O) groups is 1. The molecule has 0 aliphatic carbocycles. The number of unbranched alkanes of at least 4 members (excludes halogenated alkanes) is 2. The Morgan fingerprint density at radius 2 is 1.87 bits per heavy atom. The van der Waals surface area contributed by atoms with E-state index in [-0.39, 0.29) is 5.78 Å². The maximum atomic E-state index is 11.9. The van der Waals surface area contributed by atoms with E-state index >= 15 is 0 Å². The summed E-state index contributed by atoms with van der Waals surface area (Å²) in [5.41, 5.74) is 0. The Kier molecular flexibility index (Phi) is 8.05. The molecular weight excluding hydrogens is 330 g/mol. The topological polar surface area (TPSA) is 52.6 Å². The van der Waals surface area contributed by atoms with Crippen molar-refractivity contribution in [1.29, 1.82) is 0 Å². The van der Waals surface area contributed by atoms with Gasteiger partial charge in [0.25, 0.3) is 0 Å². The van der Waals surface area contributed by atoms with Crippen molar-refractivity contribution in [2.45, 2.75) is 36.3 Å². The monoisotopic (exact) mass is 348 g/mol. The highest BCUT2D eigenvalue weighted by Gasteiger charge is 2.36. The molecule has 0 rings (SSSR count). The molecule has 15 heavy (non-hydrogen) atoms. The summed E-state index contributed by atoms with van der Waals surface area (Å²) in [5, 5.41) is 0. The van der Waals surface area contributed by atoms with Gasteiger partial charge in [-0.3, -0.25) is 9.36 Å². The smallest absolute Gasteiger partial charge is 0.311 e. The lowest BCUT2D eigenvalue weighted by molar-refractivity contribution is -0.117. The van der Waals surface area contributed by atoms with Crippen molar-refractivity contribution in [3.05, 3.63) is 0 Å². The third-order valence-corrected chi connectivity index (χ3v) is 6.68. The number of rotatable bonds is 8. The Balaban J connectivity index is 4.24. The summed E-state index contributed by atoms with van der Waals surface area (Å²) < 4.78 is 20.7. The molecule has 0 fully saturated rings. The second-order valence-corrected chi connectivity index (χ2v) is 7.72. The van der Waals surface area contributed by atoms with Crippen LogP contribution in [0.4, 0.5) is 0 Å². The number of hydrogen-bond acceptors (Lipinski definition) is 4. The fourth-order valence-electron chi connectivity index (χ4n) is 1.10. The van der Waals surface area contributed by atoms with Gasteiger partial charge in [0.2, 0.25) is 0 Å². The van der Waals surface area contributed by atoms with Crippen LogP contribution in [0.2, 0.25) is 0 Å². The first-order valence-electron chi connectivity index (χ1n) is 4.89. The van der Waals surface area contributed by atoms with Gasteiger partial charge in [0.15, 0.2) is 9.45 Å². The molecule has 0 N–H and O–H groups in total. The Bertz CT molecular complexity index is 236. The maximum Gasteiger partial charge on any atom is 0.350 e. The van der Waals surface area contributed by atoms with Crippen LogP contribution in [-0.4, -0.2) is 23.7 Å². The van der Waals surface area contributed by atoms with Crippen LogP contribution < -0.4 is 0 Å². The number of alkyl halides is 1. The van der Waals surface area contributed by atoms with Gasteiger partial charge in [0.1, 0.15) is 0 Å². The zero-order chi connectivity index (χ0) is 11.9. The summed E-state index contributed by atoms with van der Waals surface area (Å²) in [6, 6.07) is 0. The van der Waals surface area contributed by atoms with Crippen molar-refractivity contribution in [3.63, 3.8) is 0 Å². The quantitative estimate of drug-likeness (QED) is 0.292. The Morgan fingerprint density at radius 1 is 1.33 bits per heavy atom. The highest BCUT2D eigenvalue weighted by Crippen LogP contribution is 2.55. The first-order chi connectivity index (χ1) is 7.01. The van der Waals surface area contributed by atoms with Crippen LogP contribution >= 0.6 is 30.2 Å². The molecule has 90 valence electrons. The third kappa shape index (κ3) is 4.93. The third-order valence-electron chi connectivity index (χ3n) is 2.08. The van der Waals surface area contributed by atoms with Crippen molar-refractivity contribution in [2.24, 2.45) is 0 Å². The van der Waals surface area contributed by atoms with Gasteiger partial charge in [0.05, 0.1) is 0 Å². The van der Waals surface area contributed by atoms with Crippen LogP contribution in [0.5, 0.6) is 0 Å². The molecule has 1 atom stereocenters. The summed E-state index contributed by atoms with van der Waals surface area (Å²) in [6.07, 6.45) is 3.35. The lowest BCUT2D eigenvalue weighted by Crippen LogP contribution is -2.15. The molecule has 4 nitrogen and oxygen atoms in total. The zero-order valence-corrected chi connectivity index (χ0v) is 12.4. The minimum Gasteiger partial charge on any atom is -0.311 e. The van der Waals surface area contributed by atoms with E-state index in [0.717, 1.165) is 19.3 Å². The molecule has 0 saturated carbocycles. The highest BCUT2D eigenvalue weighted by molar-refractivity contribution is 14.1. The fourth-order valence-corrected chi connectivity index (χ4v) is 3.78. The van der Waals surface area contributed by atoms with Crippen LogP contribution in [0.1, 0.15) is 32.6 Å². The molecule has 0 heterocycles. The molecule has 0 aromatic carbocycles. The lowest BCUT2D eigenvalue weighted by atomic mass is 10.2. The van der Waals surface area contributed by atoms with Gasteiger partial charge in [-0.15, -0.1) is 0 Å². The van der Waals surface area contributed by atoms with E-state index in [1.807, 2.05) is 22.6 Å². The summed E-state index contributed by atoms with van der Waals surface area (Å²) in [7, 11) is -0.638. The predicted molar refractivity (Wildman–Crippen MR) is 68.6 cm³/mol. The van der Waals surface area contributed by atoms with E-state index in [0.29, 0.717) is 6.42 Å². The molecule has 0 aromatic rings. The largest absolute Gasteiger partial charge is 0.350 e. The second-order valence-electron chi connectivity index (χ2n) is 3.16. The molecule has 0 aromatic heterocycles. The normalized spacial score (nSPS) is 13.9. The van der Waals surface area contributed by atoms with Gasteiger partial charge >= 0.3 is 7.60 Å². The van der Waals surface area contributed by atoms with Crippen LogP contribution in [0.15, 0.2) is 0 Å². The van der Waals surface area contributed by atoms with Crippen molar-refractivity contribution in [1.82, 2.24) is 0 Å². The van der Waals surface area contributed by atoms with Gasteiger partial charge in [-0.2, -0.15) is 0 Å². The van der Waals surface area contributed by atoms with Gasteiger partial charge in [-0.05, 0) is 6.42 Å². The van der Waals surface area contributed by atoms with E-state index in [1.165, 1.54) is 14.2 Å². The van der Waals surface area contributed by atoms with Crippen molar-refractivity contribution in [2.75, 3.05) is 14.2 Å². The fraction of sp³-hybridized carbons (Fsp3) is 0.889. The molecule has 0 aliphatic heterocycles. The van der Waals surface area contributed by atoms with E-state index in [2.05, 4.69) is 6.92 Å². The minimum atomic E-state index is -3.24. The van der Waals surface area contributed by atoms with Crippen LogP contribution in [0.25, 0.3) is 0 Å². The van der Waals surface area contributed by atoms with Crippen molar-refractivity contribution >= 4 is 36.0 Å². The number of halogens is 1. The lowest BCUT2D eigenvalue weighted by Gasteiger charge is -2.18. The van der Waals surface area contributed by atoms with E-state index in [1.54, 1.807) is 0 Å². The van der Waals surface area contributed by atoms with Crippen LogP contribution in [0, 0.1) is 0 Å². The summed E-state index contributed by atoms with van der Waals surface area (Å²) in [5.74, 6) is -0.0592. The minimum absolute atomic E-state index is 0.0592. The molecule has 6 heteroatoms. The maximum absolute atomic E-state index is 11.9. The van der Waals surface area contributed by atoms with Gasteiger partial charge in [-0.25, -0.2) is 0 Å². The Hall–Kier alpha value is 0.550. The van der Waals surface area contributed by atoms with Gasteiger partial charge < -0.3 is 9.05 Å². The molecular formula is C9H18IO4P.